The summed E-state index contributed by atoms with van der Waals surface area (Å²) in [6.07, 6.45) is 0. The average molecular weight is 480 g/mol. The van der Waals surface area contributed by atoms with Crippen molar-refractivity contribution in [2.24, 2.45) is 0 Å². The molecule has 0 saturated heterocycles. The van der Waals surface area contributed by atoms with Gasteiger partial charge in [-0.2, -0.15) is 5.10 Å². The monoisotopic (exact) mass is 479 g/mol. The third-order valence-electron chi connectivity index (χ3n) is 6.26. The molecule has 0 bridgehead atoms. The molecule has 9 nitrogen and oxygen atoms in total. The van der Waals surface area contributed by atoms with Crippen LogP contribution < -0.4 is 10.1 Å². The summed E-state index contributed by atoms with van der Waals surface area (Å²) in [5.41, 5.74) is 3.48. The van der Waals surface area contributed by atoms with E-state index in [1.807, 2.05) is 30.3 Å². The zero-order valence-corrected chi connectivity index (χ0v) is 20.9. The molecule has 0 aliphatic carbocycles. The highest BCUT2D eigenvalue weighted by Gasteiger charge is 2.22. The van der Waals surface area contributed by atoms with Gasteiger partial charge in [-0.1, -0.05) is 38.1 Å². The molecule has 186 valence electrons. The molecule has 1 heterocycles. The maximum atomic E-state index is 12.9. The van der Waals surface area contributed by atoms with Gasteiger partial charge in [0.05, 0.1) is 24.6 Å². The number of aromatic nitrogens is 2. The van der Waals surface area contributed by atoms with Crippen LogP contribution >= 0.6 is 0 Å². The van der Waals surface area contributed by atoms with E-state index in [1.165, 1.54) is 0 Å². The van der Waals surface area contributed by atoms with Gasteiger partial charge in [-0.3, -0.25) is 24.5 Å². The van der Waals surface area contributed by atoms with Crippen LogP contribution in [0, 0.1) is 24.0 Å². The van der Waals surface area contributed by atoms with Gasteiger partial charge in [-0.25, -0.2) is 0 Å². The number of methoxy groups -OCH3 is 1. The van der Waals surface area contributed by atoms with Crippen molar-refractivity contribution >= 4 is 11.6 Å². The first-order valence-corrected chi connectivity index (χ1v) is 11.7. The number of hydrogen-bond acceptors (Lipinski definition) is 6. The quantitative estimate of drug-likeness (QED) is 0.325. The minimum absolute atomic E-state index is 0.0187. The Labute approximate surface area is 205 Å². The zero-order chi connectivity index (χ0) is 25.5. The van der Waals surface area contributed by atoms with Crippen LogP contribution in [0.3, 0.4) is 0 Å². The number of ether oxygens (including phenoxy) is 1. The van der Waals surface area contributed by atoms with Gasteiger partial charge in [0.2, 0.25) is 0 Å². The van der Waals surface area contributed by atoms with Crippen molar-refractivity contribution in [3.63, 3.8) is 0 Å². The second-order valence-corrected chi connectivity index (χ2v) is 8.35. The highest BCUT2D eigenvalue weighted by molar-refractivity contribution is 5.94. The fraction of sp³-hybridized carbons (Fsp3) is 0.385. The van der Waals surface area contributed by atoms with Crippen LogP contribution in [0.4, 0.5) is 5.69 Å². The Morgan fingerprint density at radius 3 is 2.43 bits per heavy atom. The molecule has 3 aromatic rings. The van der Waals surface area contributed by atoms with E-state index in [1.54, 1.807) is 37.8 Å². The highest BCUT2D eigenvalue weighted by atomic mass is 16.6. The van der Waals surface area contributed by atoms with Gasteiger partial charge in [0.15, 0.2) is 0 Å². The SMILES string of the molecule is CCN(CC)C(CNC(=O)c1ccc(Cn2nc(C)c([N+](=O)[O-])c2C)cc1)c1cccc(OC)c1. The van der Waals surface area contributed by atoms with Crippen LogP contribution in [0.5, 0.6) is 5.75 Å². The van der Waals surface area contributed by atoms with Gasteiger partial charge >= 0.3 is 5.69 Å². The number of nitro groups is 1. The summed E-state index contributed by atoms with van der Waals surface area (Å²) in [5.74, 6) is 0.632. The molecule has 0 fully saturated rings. The summed E-state index contributed by atoms with van der Waals surface area (Å²) < 4.78 is 7.00. The van der Waals surface area contributed by atoms with Crippen molar-refractivity contribution < 1.29 is 14.5 Å². The van der Waals surface area contributed by atoms with E-state index in [-0.39, 0.29) is 17.6 Å². The number of rotatable bonds is 11. The molecule has 2 aromatic carbocycles. The normalized spacial score (nSPS) is 11.9. The largest absolute Gasteiger partial charge is 0.497 e. The van der Waals surface area contributed by atoms with Crippen molar-refractivity contribution in [2.75, 3.05) is 26.7 Å². The summed E-state index contributed by atoms with van der Waals surface area (Å²) >= 11 is 0. The first-order valence-electron chi connectivity index (χ1n) is 11.7. The lowest BCUT2D eigenvalue weighted by Gasteiger charge is -2.30. The number of hydrogen-bond donors (Lipinski definition) is 1. The molecule has 1 unspecified atom stereocenters. The molecule has 1 aromatic heterocycles. The molecule has 0 radical (unpaired) electrons. The lowest BCUT2D eigenvalue weighted by atomic mass is 10.0. The number of nitrogens with one attached hydrogen (secondary N) is 1. The summed E-state index contributed by atoms with van der Waals surface area (Å²) in [7, 11) is 1.65. The van der Waals surface area contributed by atoms with E-state index in [9.17, 15) is 14.9 Å². The minimum atomic E-state index is -0.404. The summed E-state index contributed by atoms with van der Waals surface area (Å²) in [6.45, 7) is 10.1. The van der Waals surface area contributed by atoms with Crippen molar-refractivity contribution in [2.45, 2.75) is 40.3 Å². The van der Waals surface area contributed by atoms with Gasteiger partial charge in [-0.05, 0) is 62.3 Å². The molecule has 0 aliphatic rings. The molecular weight excluding hydrogens is 446 g/mol. The third kappa shape index (κ3) is 6.05. The molecule has 35 heavy (non-hydrogen) atoms. The number of likely N-dealkylation sites (N-methyl/N-ethyl adjacent to an activating group) is 1. The third-order valence-corrected chi connectivity index (χ3v) is 6.26. The van der Waals surface area contributed by atoms with E-state index in [0.29, 0.717) is 30.0 Å². The molecule has 0 spiro atoms. The highest BCUT2D eigenvalue weighted by Crippen LogP contribution is 2.24. The smallest absolute Gasteiger partial charge is 0.312 e. The molecule has 3 rings (SSSR count). The lowest BCUT2D eigenvalue weighted by Crippen LogP contribution is -2.38. The fourth-order valence-electron chi connectivity index (χ4n) is 4.30. The zero-order valence-electron chi connectivity index (χ0n) is 20.9. The maximum Gasteiger partial charge on any atom is 0.312 e. The van der Waals surface area contributed by atoms with Crippen LogP contribution in [0.25, 0.3) is 0 Å². The topological polar surface area (TPSA) is 103 Å². The van der Waals surface area contributed by atoms with Gasteiger partial charge in [0.1, 0.15) is 17.1 Å². The average Bonchev–Trinajstić information content (AvgIpc) is 3.14. The van der Waals surface area contributed by atoms with Crippen molar-refractivity contribution in [1.82, 2.24) is 20.0 Å². The molecule has 0 aliphatic heterocycles. The Balaban J connectivity index is 1.70. The van der Waals surface area contributed by atoms with Gasteiger partial charge < -0.3 is 10.1 Å². The van der Waals surface area contributed by atoms with E-state index >= 15 is 0 Å². The number of carbonyl (C=O) groups excluding carboxylic acids is 1. The second kappa shape index (κ2) is 11.6. The lowest BCUT2D eigenvalue weighted by molar-refractivity contribution is -0.386. The Kier molecular flexibility index (Phi) is 8.59. The molecular formula is C26H33N5O4. The van der Waals surface area contributed by atoms with Crippen molar-refractivity contribution in [1.29, 1.82) is 0 Å². The van der Waals surface area contributed by atoms with Crippen LogP contribution in [0.15, 0.2) is 48.5 Å². The second-order valence-electron chi connectivity index (χ2n) is 8.35. The predicted molar refractivity (Wildman–Crippen MR) is 135 cm³/mol. The fourth-order valence-corrected chi connectivity index (χ4v) is 4.30. The first-order chi connectivity index (χ1) is 16.8. The van der Waals surface area contributed by atoms with E-state index in [0.717, 1.165) is 30.0 Å². The molecule has 9 heteroatoms. The number of benzene rings is 2. The minimum Gasteiger partial charge on any atom is -0.497 e. The van der Waals surface area contributed by atoms with E-state index in [2.05, 4.69) is 35.2 Å². The Morgan fingerprint density at radius 2 is 1.86 bits per heavy atom. The van der Waals surface area contributed by atoms with Gasteiger partial charge in [0.25, 0.3) is 5.91 Å². The number of aryl methyl sites for hydroxylation is 1. The van der Waals surface area contributed by atoms with Crippen LogP contribution in [0.2, 0.25) is 0 Å². The molecule has 1 amide bonds. The number of carbonyl (C=O) groups is 1. The van der Waals surface area contributed by atoms with Crippen molar-refractivity contribution in [3.8, 4) is 5.75 Å². The Bertz CT molecular complexity index is 1170. The van der Waals surface area contributed by atoms with Crippen LogP contribution in [-0.2, 0) is 6.54 Å². The van der Waals surface area contributed by atoms with Crippen LogP contribution in [-0.4, -0.2) is 52.3 Å². The van der Waals surface area contributed by atoms with Gasteiger partial charge in [0, 0.05) is 12.1 Å². The van der Waals surface area contributed by atoms with E-state index < -0.39 is 4.92 Å². The molecule has 1 N–H and O–H groups in total. The van der Waals surface area contributed by atoms with Gasteiger partial charge in [-0.15, -0.1) is 0 Å². The van der Waals surface area contributed by atoms with Crippen LogP contribution in [0.1, 0.15) is 52.8 Å². The Morgan fingerprint density at radius 1 is 1.17 bits per heavy atom. The predicted octanol–water partition coefficient (Wildman–Crippen LogP) is 4.28. The summed E-state index contributed by atoms with van der Waals surface area (Å²) in [4.78, 5) is 26.0. The molecule has 1 atom stereocenters. The van der Waals surface area contributed by atoms with Crippen molar-refractivity contribution in [3.05, 3.63) is 86.7 Å². The maximum absolute atomic E-state index is 12.9. The first kappa shape index (κ1) is 25.9. The summed E-state index contributed by atoms with van der Waals surface area (Å²) in [6, 6.07) is 15.2. The van der Waals surface area contributed by atoms with E-state index in [4.69, 9.17) is 4.74 Å². The Hall–Kier alpha value is -3.72. The number of nitrogens with zero attached hydrogens (tertiary/aromatic N) is 4. The standard InChI is InChI=1S/C26H33N5O4/c1-6-29(7-2)24(22-9-8-10-23(15-22)35-5)16-27-26(32)21-13-11-20(12-14-21)17-30-19(4)25(31(33)34)18(3)28-30/h8-15,24H,6-7,16-17H2,1-5H3,(H,27,32). The molecule has 0 saturated carbocycles. The summed E-state index contributed by atoms with van der Waals surface area (Å²) in [5, 5.41) is 18.6. The number of amides is 1.